The predicted molar refractivity (Wildman–Crippen MR) is 104 cm³/mol. The lowest BCUT2D eigenvalue weighted by Crippen LogP contribution is -2.19. The van der Waals surface area contributed by atoms with Gasteiger partial charge >= 0.3 is 11.7 Å². The van der Waals surface area contributed by atoms with Gasteiger partial charge in [-0.05, 0) is 17.7 Å². The number of ether oxygens (including phenoxy) is 2. The van der Waals surface area contributed by atoms with E-state index in [0.717, 1.165) is 6.07 Å². The number of hydrogen-bond donors (Lipinski definition) is 1. The highest BCUT2D eigenvalue weighted by atomic mass is 16.5. The second-order valence-electron chi connectivity index (χ2n) is 6.70. The summed E-state index contributed by atoms with van der Waals surface area (Å²) in [6.45, 7) is 0.0275. The molecule has 154 valence electrons. The Labute approximate surface area is 165 Å². The first-order valence-electron chi connectivity index (χ1n) is 8.85. The van der Waals surface area contributed by atoms with Crippen molar-refractivity contribution in [1.29, 1.82) is 0 Å². The number of imidazole rings is 1. The normalized spacial score (nSPS) is 12.3. The molecule has 0 spiro atoms. The zero-order valence-corrected chi connectivity index (χ0v) is 16.6. The number of hydrogen-bond acceptors (Lipinski definition) is 7. The molecular formula is C20H22N2O7. The number of fused-ring (bicyclic) bond motifs is 1. The summed E-state index contributed by atoms with van der Waals surface area (Å²) in [5.74, 6) is -1.77. The number of methoxy groups -OCH3 is 2. The van der Waals surface area contributed by atoms with Crippen molar-refractivity contribution < 1.29 is 23.8 Å². The molecule has 0 saturated carbocycles. The molecule has 9 nitrogen and oxygen atoms in total. The van der Waals surface area contributed by atoms with Gasteiger partial charge in [-0.15, -0.1) is 0 Å². The molecule has 1 N–H and O–H groups in total. The summed E-state index contributed by atoms with van der Waals surface area (Å²) in [5.41, 5.74) is 1.09. The van der Waals surface area contributed by atoms with Gasteiger partial charge in [-0.2, -0.15) is 0 Å². The highest BCUT2D eigenvalue weighted by molar-refractivity contribution is 5.78. The minimum atomic E-state index is -0.799. The highest BCUT2D eigenvalue weighted by Gasteiger charge is 2.27. The fourth-order valence-corrected chi connectivity index (χ4v) is 3.36. The van der Waals surface area contributed by atoms with Crippen LogP contribution in [0.15, 0.2) is 38.3 Å². The fourth-order valence-electron chi connectivity index (χ4n) is 3.36. The summed E-state index contributed by atoms with van der Waals surface area (Å²) in [6.07, 6.45) is -0.171. The van der Waals surface area contributed by atoms with Crippen molar-refractivity contribution in [3.05, 3.63) is 62.1 Å². The van der Waals surface area contributed by atoms with Crippen molar-refractivity contribution in [2.24, 2.45) is 14.1 Å². The van der Waals surface area contributed by atoms with Crippen LogP contribution in [0.1, 0.15) is 29.4 Å². The smallest absolute Gasteiger partial charge is 0.328 e. The lowest BCUT2D eigenvalue weighted by atomic mass is 9.91. The van der Waals surface area contributed by atoms with Gasteiger partial charge < -0.3 is 19.0 Å². The Morgan fingerprint density at radius 3 is 2.48 bits per heavy atom. The third-order valence-corrected chi connectivity index (χ3v) is 4.90. The predicted octanol–water partition coefficient (Wildman–Crippen LogP) is 1.38. The first-order valence-corrected chi connectivity index (χ1v) is 8.85. The van der Waals surface area contributed by atoms with E-state index < -0.39 is 23.1 Å². The quantitative estimate of drug-likeness (QED) is 0.620. The number of aryl methyl sites for hydroxylation is 2. The minimum Gasteiger partial charge on any atom is -0.502 e. The van der Waals surface area contributed by atoms with Gasteiger partial charge in [0.25, 0.3) is 0 Å². The van der Waals surface area contributed by atoms with E-state index in [0.29, 0.717) is 16.6 Å². The van der Waals surface area contributed by atoms with Crippen LogP contribution in [0.5, 0.6) is 5.75 Å². The topological polar surface area (TPSA) is 113 Å². The third kappa shape index (κ3) is 3.68. The molecule has 0 bridgehead atoms. The molecule has 0 saturated heterocycles. The van der Waals surface area contributed by atoms with Crippen LogP contribution in [-0.4, -0.2) is 34.4 Å². The molecule has 0 unspecified atom stereocenters. The van der Waals surface area contributed by atoms with Gasteiger partial charge in [0.2, 0.25) is 11.2 Å². The number of rotatable bonds is 6. The monoisotopic (exact) mass is 402 g/mol. The van der Waals surface area contributed by atoms with E-state index in [1.807, 2.05) is 0 Å². The van der Waals surface area contributed by atoms with Gasteiger partial charge in [-0.25, -0.2) is 4.79 Å². The number of benzene rings is 1. The average Bonchev–Trinajstić information content (AvgIpc) is 2.92. The van der Waals surface area contributed by atoms with E-state index in [1.165, 1.54) is 23.4 Å². The van der Waals surface area contributed by atoms with Crippen LogP contribution in [0.2, 0.25) is 0 Å². The second kappa shape index (κ2) is 7.96. The summed E-state index contributed by atoms with van der Waals surface area (Å²) < 4.78 is 18.5. The number of nitrogens with zero attached hydrogens (tertiary/aromatic N) is 2. The van der Waals surface area contributed by atoms with Crippen LogP contribution in [-0.2, 0) is 35.0 Å². The van der Waals surface area contributed by atoms with Gasteiger partial charge in [0, 0.05) is 27.3 Å². The molecule has 0 aliphatic carbocycles. The SMILES string of the molecule is COCc1cc(=O)c(O)c([C@H](CC(=O)OC)c2ccc3c(c2)n(C)c(=O)n3C)o1. The largest absolute Gasteiger partial charge is 0.502 e. The Balaban J connectivity index is 2.23. The number of aromatic hydroxyl groups is 1. The zero-order chi connectivity index (χ0) is 21.3. The summed E-state index contributed by atoms with van der Waals surface area (Å²) in [4.78, 5) is 36.5. The summed E-state index contributed by atoms with van der Waals surface area (Å²) in [6, 6.07) is 6.33. The van der Waals surface area contributed by atoms with Crippen LogP contribution >= 0.6 is 0 Å². The van der Waals surface area contributed by atoms with Crippen molar-refractivity contribution >= 4 is 17.0 Å². The van der Waals surface area contributed by atoms with E-state index in [2.05, 4.69) is 0 Å². The molecule has 0 aliphatic rings. The summed E-state index contributed by atoms with van der Waals surface area (Å²) >= 11 is 0. The molecule has 2 heterocycles. The molecule has 3 rings (SSSR count). The minimum absolute atomic E-state index is 0.0275. The van der Waals surface area contributed by atoms with Crippen LogP contribution in [0, 0.1) is 0 Å². The fraction of sp³-hybridized carbons (Fsp3) is 0.350. The molecule has 0 aliphatic heterocycles. The Morgan fingerprint density at radius 2 is 1.83 bits per heavy atom. The highest BCUT2D eigenvalue weighted by Crippen LogP contribution is 2.34. The Morgan fingerprint density at radius 1 is 1.14 bits per heavy atom. The molecule has 1 atom stereocenters. The second-order valence-corrected chi connectivity index (χ2v) is 6.70. The number of carbonyl (C=O) groups excluding carboxylic acids is 1. The van der Waals surface area contributed by atoms with Gasteiger partial charge in [-0.3, -0.25) is 18.7 Å². The van der Waals surface area contributed by atoms with Gasteiger partial charge in [0.05, 0.1) is 30.5 Å². The first kappa shape index (κ1) is 20.4. The maximum atomic E-state index is 12.2. The lowest BCUT2D eigenvalue weighted by Gasteiger charge is -2.17. The van der Waals surface area contributed by atoms with E-state index in [4.69, 9.17) is 13.9 Å². The zero-order valence-electron chi connectivity index (χ0n) is 16.6. The average molecular weight is 402 g/mol. The molecule has 0 radical (unpaired) electrons. The van der Waals surface area contributed by atoms with Crippen molar-refractivity contribution in [2.45, 2.75) is 18.9 Å². The standard InChI is InChI=1S/C20H22N2O7/c1-21-14-6-5-11(7-15(14)22(2)20(21)26)13(9-17(24)28-4)19-18(25)16(23)8-12(29-19)10-27-3/h5-8,13,25H,9-10H2,1-4H3/t13-/m1/s1. The van der Waals surface area contributed by atoms with Gasteiger partial charge in [0.1, 0.15) is 12.4 Å². The number of carbonyl (C=O) groups is 1. The first-order chi connectivity index (χ1) is 13.8. The van der Waals surface area contributed by atoms with Gasteiger partial charge in [0.15, 0.2) is 5.76 Å². The van der Waals surface area contributed by atoms with Gasteiger partial charge in [-0.1, -0.05) is 6.07 Å². The van der Waals surface area contributed by atoms with Crippen molar-refractivity contribution in [3.8, 4) is 5.75 Å². The van der Waals surface area contributed by atoms with Crippen molar-refractivity contribution in [1.82, 2.24) is 9.13 Å². The Kier molecular flexibility index (Phi) is 5.60. The van der Waals surface area contributed by atoms with Crippen LogP contribution in [0.4, 0.5) is 0 Å². The maximum absolute atomic E-state index is 12.2. The molecule has 1 aromatic carbocycles. The van der Waals surface area contributed by atoms with E-state index in [9.17, 15) is 19.5 Å². The van der Waals surface area contributed by atoms with Crippen molar-refractivity contribution in [2.75, 3.05) is 14.2 Å². The van der Waals surface area contributed by atoms with E-state index >= 15 is 0 Å². The Bertz CT molecular complexity index is 1190. The number of aromatic nitrogens is 2. The van der Waals surface area contributed by atoms with E-state index in [1.54, 1.807) is 32.3 Å². The molecule has 9 heteroatoms. The molecule has 3 aromatic rings. The molecule has 0 fully saturated rings. The Hall–Kier alpha value is -3.33. The third-order valence-electron chi connectivity index (χ3n) is 4.90. The molecule has 29 heavy (non-hydrogen) atoms. The van der Waals surface area contributed by atoms with Crippen LogP contribution in [0.3, 0.4) is 0 Å². The van der Waals surface area contributed by atoms with Crippen LogP contribution < -0.4 is 11.1 Å². The number of esters is 1. The maximum Gasteiger partial charge on any atom is 0.328 e. The molecule has 2 aromatic heterocycles. The van der Waals surface area contributed by atoms with Crippen molar-refractivity contribution in [3.63, 3.8) is 0 Å². The summed E-state index contributed by atoms with van der Waals surface area (Å²) in [5, 5.41) is 10.4. The summed E-state index contributed by atoms with van der Waals surface area (Å²) in [7, 11) is 6.00. The van der Waals surface area contributed by atoms with Crippen LogP contribution in [0.25, 0.3) is 11.0 Å². The molecular weight excluding hydrogens is 380 g/mol. The van der Waals surface area contributed by atoms with E-state index in [-0.39, 0.29) is 30.2 Å². The molecule has 0 amide bonds. The lowest BCUT2D eigenvalue weighted by molar-refractivity contribution is -0.140.